The van der Waals surface area contributed by atoms with Crippen molar-refractivity contribution in [3.63, 3.8) is 0 Å². The van der Waals surface area contributed by atoms with Crippen molar-refractivity contribution in [3.05, 3.63) is 29.6 Å². The lowest BCUT2D eigenvalue weighted by Crippen LogP contribution is -2.58. The van der Waals surface area contributed by atoms with Crippen LogP contribution in [0.25, 0.3) is 0 Å². The molecule has 0 heterocycles. The van der Waals surface area contributed by atoms with Crippen LogP contribution in [0.3, 0.4) is 0 Å². The number of nitrogens with one attached hydrogen (secondary N) is 1. The van der Waals surface area contributed by atoms with Gasteiger partial charge in [0.1, 0.15) is 6.61 Å². The van der Waals surface area contributed by atoms with Crippen molar-refractivity contribution in [2.75, 3.05) is 13.2 Å². The number of benzene rings is 1. The van der Waals surface area contributed by atoms with Crippen molar-refractivity contribution in [1.29, 1.82) is 0 Å². The molecule has 4 nitrogen and oxygen atoms in total. The number of carbonyl (C=O) groups is 1. The highest BCUT2D eigenvalue weighted by Crippen LogP contribution is 2.40. The van der Waals surface area contributed by atoms with E-state index >= 15 is 0 Å². The van der Waals surface area contributed by atoms with Gasteiger partial charge in [-0.1, -0.05) is 19.1 Å². The van der Waals surface area contributed by atoms with Crippen LogP contribution in [0, 0.1) is 18.7 Å². The molecule has 2 rings (SSSR count). The number of aryl methyl sites for hydroxylation is 1. The lowest BCUT2D eigenvalue weighted by molar-refractivity contribution is -0.147. The van der Waals surface area contributed by atoms with E-state index < -0.39 is 17.3 Å². The molecular formula is C16H22FNO3. The molecule has 1 unspecified atom stereocenters. The molecule has 0 bridgehead atoms. The van der Waals surface area contributed by atoms with Crippen molar-refractivity contribution in [3.8, 4) is 5.75 Å². The number of rotatable bonds is 8. The summed E-state index contributed by atoms with van der Waals surface area (Å²) in [5.41, 5.74) is -0.631. The van der Waals surface area contributed by atoms with E-state index in [-0.39, 0.29) is 18.3 Å². The Morgan fingerprint density at radius 3 is 2.81 bits per heavy atom. The minimum absolute atomic E-state index is 0.0504. The van der Waals surface area contributed by atoms with E-state index in [4.69, 9.17) is 4.74 Å². The third-order valence-corrected chi connectivity index (χ3v) is 3.96. The normalized spacial score (nSPS) is 17.3. The molecule has 1 aliphatic rings. The predicted molar refractivity (Wildman–Crippen MR) is 78.0 cm³/mol. The van der Waals surface area contributed by atoms with Gasteiger partial charge in [0.2, 0.25) is 0 Å². The van der Waals surface area contributed by atoms with E-state index in [1.165, 1.54) is 6.07 Å². The van der Waals surface area contributed by atoms with E-state index in [2.05, 4.69) is 5.32 Å². The van der Waals surface area contributed by atoms with Crippen molar-refractivity contribution in [2.45, 2.75) is 38.6 Å². The van der Waals surface area contributed by atoms with Crippen LogP contribution in [0.4, 0.5) is 4.39 Å². The smallest absolute Gasteiger partial charge is 0.327 e. The van der Waals surface area contributed by atoms with Crippen LogP contribution in [0.2, 0.25) is 0 Å². The second-order valence-electron chi connectivity index (χ2n) is 5.65. The average molecular weight is 295 g/mol. The maximum absolute atomic E-state index is 14.0. The molecule has 1 aromatic rings. The van der Waals surface area contributed by atoms with E-state index in [1.54, 1.807) is 19.1 Å². The first-order valence-electron chi connectivity index (χ1n) is 7.37. The zero-order valence-corrected chi connectivity index (χ0v) is 12.5. The third-order valence-electron chi connectivity index (χ3n) is 3.96. The third kappa shape index (κ3) is 3.35. The molecule has 0 radical (unpaired) electrons. The summed E-state index contributed by atoms with van der Waals surface area (Å²) in [5.74, 6) is -1.19. The van der Waals surface area contributed by atoms with Gasteiger partial charge in [-0.15, -0.1) is 0 Å². The minimum atomic E-state index is -1.12. The molecule has 1 atom stereocenters. The molecule has 0 amide bonds. The molecule has 0 aromatic heterocycles. The molecule has 0 saturated heterocycles. The molecule has 1 saturated carbocycles. The maximum Gasteiger partial charge on any atom is 0.327 e. The molecule has 1 aliphatic carbocycles. The molecule has 5 heteroatoms. The van der Waals surface area contributed by atoms with Gasteiger partial charge in [0, 0.05) is 0 Å². The minimum Gasteiger partial charge on any atom is -0.488 e. The second kappa shape index (κ2) is 6.43. The Kier molecular flexibility index (Phi) is 4.83. The Balaban J connectivity index is 2.15. The van der Waals surface area contributed by atoms with E-state index in [0.29, 0.717) is 12.1 Å². The van der Waals surface area contributed by atoms with Gasteiger partial charge in [-0.3, -0.25) is 10.1 Å². The van der Waals surface area contributed by atoms with Crippen LogP contribution in [0.1, 0.15) is 31.7 Å². The van der Waals surface area contributed by atoms with Gasteiger partial charge in [0.05, 0.1) is 0 Å². The van der Waals surface area contributed by atoms with Crippen LogP contribution >= 0.6 is 0 Å². The van der Waals surface area contributed by atoms with Crippen molar-refractivity contribution < 1.29 is 19.0 Å². The number of ether oxygens (including phenoxy) is 1. The first kappa shape index (κ1) is 15.8. The van der Waals surface area contributed by atoms with Crippen LogP contribution in [0.15, 0.2) is 18.2 Å². The number of carboxylic acid groups (broad SMARTS) is 1. The Morgan fingerprint density at radius 1 is 1.52 bits per heavy atom. The Hall–Kier alpha value is -1.62. The standard InChI is InChI=1S/C16H22FNO3/c1-3-9-18-16(15(19)20,12-7-8-12)10-21-13-6-4-5-11(2)14(13)17/h4-6,12,18H,3,7-10H2,1-2H3,(H,19,20). The van der Waals surface area contributed by atoms with E-state index in [9.17, 15) is 14.3 Å². The maximum atomic E-state index is 14.0. The fraction of sp³-hybridized carbons (Fsp3) is 0.562. The monoisotopic (exact) mass is 295 g/mol. The molecule has 116 valence electrons. The fourth-order valence-corrected chi connectivity index (χ4v) is 2.47. The van der Waals surface area contributed by atoms with Gasteiger partial charge in [0.25, 0.3) is 0 Å². The quantitative estimate of drug-likeness (QED) is 0.774. The van der Waals surface area contributed by atoms with Crippen LogP contribution in [0.5, 0.6) is 5.75 Å². The van der Waals surface area contributed by atoms with Crippen molar-refractivity contribution >= 4 is 5.97 Å². The molecule has 0 aliphatic heterocycles. The highest BCUT2D eigenvalue weighted by molar-refractivity contribution is 5.80. The number of hydrogen-bond donors (Lipinski definition) is 2. The largest absolute Gasteiger partial charge is 0.488 e. The van der Waals surface area contributed by atoms with Crippen molar-refractivity contribution in [2.24, 2.45) is 5.92 Å². The summed E-state index contributed by atoms with van der Waals surface area (Å²) < 4.78 is 19.5. The Labute approximate surface area is 124 Å². The van der Waals surface area contributed by atoms with Crippen LogP contribution in [-0.2, 0) is 4.79 Å². The Bertz CT molecular complexity index is 516. The van der Waals surface area contributed by atoms with Gasteiger partial charge >= 0.3 is 5.97 Å². The molecular weight excluding hydrogens is 273 g/mol. The summed E-state index contributed by atoms with van der Waals surface area (Å²) in [6, 6.07) is 4.89. The van der Waals surface area contributed by atoms with Crippen LogP contribution in [-0.4, -0.2) is 29.8 Å². The lowest BCUT2D eigenvalue weighted by Gasteiger charge is -2.30. The molecule has 0 spiro atoms. The van der Waals surface area contributed by atoms with Crippen molar-refractivity contribution in [1.82, 2.24) is 5.32 Å². The number of halogens is 1. The van der Waals surface area contributed by atoms with Gasteiger partial charge in [-0.25, -0.2) is 4.39 Å². The predicted octanol–water partition coefficient (Wildman–Crippen LogP) is 2.75. The average Bonchev–Trinajstić information content (AvgIpc) is 3.28. The topological polar surface area (TPSA) is 58.6 Å². The number of aliphatic carboxylic acids is 1. The first-order valence-corrected chi connectivity index (χ1v) is 7.37. The first-order chi connectivity index (χ1) is 10.0. The summed E-state index contributed by atoms with van der Waals surface area (Å²) in [6.07, 6.45) is 2.56. The molecule has 1 aromatic carbocycles. The SMILES string of the molecule is CCCNC(COc1cccc(C)c1F)(C(=O)O)C1CC1. The molecule has 21 heavy (non-hydrogen) atoms. The van der Waals surface area contributed by atoms with Gasteiger partial charge in [-0.2, -0.15) is 0 Å². The molecule has 2 N–H and O–H groups in total. The fourth-order valence-electron chi connectivity index (χ4n) is 2.47. The van der Waals surface area contributed by atoms with Gasteiger partial charge < -0.3 is 9.84 Å². The van der Waals surface area contributed by atoms with Gasteiger partial charge in [0.15, 0.2) is 17.1 Å². The van der Waals surface area contributed by atoms with E-state index in [0.717, 1.165) is 19.3 Å². The lowest BCUT2D eigenvalue weighted by atomic mass is 9.94. The highest BCUT2D eigenvalue weighted by atomic mass is 19.1. The summed E-state index contributed by atoms with van der Waals surface area (Å²) in [5, 5.41) is 12.7. The summed E-state index contributed by atoms with van der Waals surface area (Å²) in [6.45, 7) is 4.17. The zero-order chi connectivity index (χ0) is 15.5. The number of carboxylic acids is 1. The van der Waals surface area contributed by atoms with E-state index in [1.807, 2.05) is 6.92 Å². The zero-order valence-electron chi connectivity index (χ0n) is 12.5. The van der Waals surface area contributed by atoms with Crippen LogP contribution < -0.4 is 10.1 Å². The summed E-state index contributed by atoms with van der Waals surface area (Å²) in [4.78, 5) is 11.7. The summed E-state index contributed by atoms with van der Waals surface area (Å²) in [7, 11) is 0. The molecule has 1 fully saturated rings. The highest BCUT2D eigenvalue weighted by Gasteiger charge is 2.51. The Morgan fingerprint density at radius 2 is 2.24 bits per heavy atom. The number of hydrogen-bond acceptors (Lipinski definition) is 3. The van der Waals surface area contributed by atoms with Gasteiger partial charge in [-0.05, 0) is 50.3 Å². The summed E-state index contributed by atoms with van der Waals surface area (Å²) >= 11 is 0. The second-order valence-corrected chi connectivity index (χ2v) is 5.65.